The van der Waals surface area contributed by atoms with E-state index in [1.165, 1.54) is 12.1 Å². The number of rotatable bonds is 5. The van der Waals surface area contributed by atoms with Gasteiger partial charge >= 0.3 is 0 Å². The summed E-state index contributed by atoms with van der Waals surface area (Å²) in [7, 11) is 0. The van der Waals surface area contributed by atoms with E-state index in [0.717, 1.165) is 36.4 Å². The van der Waals surface area contributed by atoms with Gasteiger partial charge in [0.1, 0.15) is 40.6 Å². The molecule has 0 heterocycles. The van der Waals surface area contributed by atoms with Gasteiger partial charge in [-0.1, -0.05) is 42.5 Å². The SMILES string of the molecule is O=C(NC(NC(=O)c1c(F)cccc1F)c1ccccc1)c1c(F)cccc1F. The Labute approximate surface area is 163 Å². The maximum absolute atomic E-state index is 13.9. The molecule has 0 saturated carbocycles. The standard InChI is InChI=1S/C21H14F4N2O2/c22-13-8-4-9-14(23)17(13)20(28)26-19(12-6-2-1-3-7-12)27-21(29)18-15(24)10-5-11-16(18)25/h1-11,19H,(H,26,28)(H,27,29). The lowest BCUT2D eigenvalue weighted by Crippen LogP contribution is -2.42. The summed E-state index contributed by atoms with van der Waals surface area (Å²) in [5.41, 5.74) is -1.37. The highest BCUT2D eigenvalue weighted by Gasteiger charge is 2.25. The Hall–Kier alpha value is -3.68. The summed E-state index contributed by atoms with van der Waals surface area (Å²) in [4.78, 5) is 24.9. The van der Waals surface area contributed by atoms with Crippen molar-refractivity contribution < 1.29 is 27.2 Å². The van der Waals surface area contributed by atoms with Crippen molar-refractivity contribution in [2.45, 2.75) is 6.17 Å². The number of hydrogen-bond donors (Lipinski definition) is 2. The van der Waals surface area contributed by atoms with Crippen LogP contribution in [0.15, 0.2) is 66.7 Å². The largest absolute Gasteiger partial charge is 0.328 e. The van der Waals surface area contributed by atoms with Crippen molar-refractivity contribution in [2.24, 2.45) is 0 Å². The van der Waals surface area contributed by atoms with Crippen LogP contribution >= 0.6 is 0 Å². The number of benzene rings is 3. The third-order valence-electron chi connectivity index (χ3n) is 4.06. The lowest BCUT2D eigenvalue weighted by atomic mass is 10.1. The van der Waals surface area contributed by atoms with E-state index >= 15 is 0 Å². The predicted octanol–water partition coefficient (Wildman–Crippen LogP) is 4.10. The van der Waals surface area contributed by atoms with Gasteiger partial charge in [0.25, 0.3) is 11.8 Å². The maximum Gasteiger partial charge on any atom is 0.259 e. The zero-order chi connectivity index (χ0) is 21.0. The van der Waals surface area contributed by atoms with Gasteiger partial charge in [-0.05, 0) is 29.8 Å². The Morgan fingerprint density at radius 3 is 1.34 bits per heavy atom. The minimum atomic E-state index is -1.31. The quantitative estimate of drug-likeness (QED) is 0.499. The molecule has 3 aromatic carbocycles. The van der Waals surface area contributed by atoms with Crippen LogP contribution in [0, 0.1) is 23.3 Å². The highest BCUT2D eigenvalue weighted by Crippen LogP contribution is 2.17. The van der Waals surface area contributed by atoms with Crippen molar-refractivity contribution in [3.8, 4) is 0 Å². The first kappa shape index (κ1) is 20.1. The minimum Gasteiger partial charge on any atom is -0.328 e. The van der Waals surface area contributed by atoms with E-state index in [2.05, 4.69) is 10.6 Å². The molecule has 3 rings (SSSR count). The molecule has 0 saturated heterocycles. The highest BCUT2D eigenvalue weighted by molar-refractivity contribution is 5.97. The first-order chi connectivity index (χ1) is 13.9. The van der Waals surface area contributed by atoms with E-state index in [1.54, 1.807) is 18.2 Å². The molecule has 2 N–H and O–H groups in total. The zero-order valence-corrected chi connectivity index (χ0v) is 14.8. The van der Waals surface area contributed by atoms with Crippen molar-refractivity contribution >= 4 is 11.8 Å². The predicted molar refractivity (Wildman–Crippen MR) is 96.8 cm³/mol. The smallest absolute Gasteiger partial charge is 0.259 e. The third kappa shape index (κ3) is 4.43. The molecule has 0 aromatic heterocycles. The third-order valence-corrected chi connectivity index (χ3v) is 4.06. The van der Waals surface area contributed by atoms with Crippen molar-refractivity contribution in [1.29, 1.82) is 0 Å². The summed E-state index contributed by atoms with van der Waals surface area (Å²) in [6.07, 6.45) is -1.31. The molecule has 2 amide bonds. The molecule has 0 aliphatic rings. The van der Waals surface area contributed by atoms with E-state index in [-0.39, 0.29) is 0 Å². The number of carbonyl (C=O) groups excluding carboxylic acids is 2. The number of nitrogens with one attached hydrogen (secondary N) is 2. The van der Waals surface area contributed by atoms with Crippen LogP contribution in [0.2, 0.25) is 0 Å². The molecule has 148 valence electrons. The summed E-state index contributed by atoms with van der Waals surface area (Å²) in [5, 5.41) is 4.55. The van der Waals surface area contributed by atoms with Crippen LogP contribution in [-0.4, -0.2) is 11.8 Å². The van der Waals surface area contributed by atoms with Crippen molar-refractivity contribution in [1.82, 2.24) is 10.6 Å². The summed E-state index contributed by atoms with van der Waals surface area (Å²) < 4.78 is 55.6. The van der Waals surface area contributed by atoms with E-state index in [0.29, 0.717) is 5.56 Å². The monoisotopic (exact) mass is 402 g/mol. The molecule has 0 bridgehead atoms. The summed E-state index contributed by atoms with van der Waals surface area (Å²) >= 11 is 0. The maximum atomic E-state index is 13.9. The number of halogens is 4. The second kappa shape index (κ2) is 8.55. The van der Waals surface area contributed by atoms with E-state index in [9.17, 15) is 27.2 Å². The second-order valence-corrected chi connectivity index (χ2v) is 5.98. The van der Waals surface area contributed by atoms with Crippen molar-refractivity contribution in [2.75, 3.05) is 0 Å². The molecule has 0 unspecified atom stereocenters. The molecule has 0 atom stereocenters. The topological polar surface area (TPSA) is 58.2 Å². The fourth-order valence-electron chi connectivity index (χ4n) is 2.68. The summed E-state index contributed by atoms with van der Waals surface area (Å²) in [5.74, 6) is -6.68. The molecule has 8 heteroatoms. The van der Waals surface area contributed by atoms with Gasteiger partial charge in [-0.3, -0.25) is 9.59 Å². The van der Waals surface area contributed by atoms with Gasteiger partial charge in [0, 0.05) is 0 Å². The van der Waals surface area contributed by atoms with Gasteiger partial charge in [-0.2, -0.15) is 0 Å². The molecule has 0 aliphatic heterocycles. The molecule has 3 aromatic rings. The van der Waals surface area contributed by atoms with E-state index < -0.39 is 52.4 Å². The Kier molecular flexibility index (Phi) is 5.92. The minimum absolute atomic E-state index is 0.322. The molecule has 4 nitrogen and oxygen atoms in total. The molecular weight excluding hydrogens is 388 g/mol. The zero-order valence-electron chi connectivity index (χ0n) is 14.8. The lowest BCUT2D eigenvalue weighted by Gasteiger charge is -2.21. The molecular formula is C21H14F4N2O2. The van der Waals surface area contributed by atoms with Crippen LogP contribution in [0.5, 0.6) is 0 Å². The van der Waals surface area contributed by atoms with Crippen LogP contribution in [0.25, 0.3) is 0 Å². The fourth-order valence-corrected chi connectivity index (χ4v) is 2.68. The Morgan fingerprint density at radius 1 is 0.586 bits per heavy atom. The molecule has 0 radical (unpaired) electrons. The van der Waals surface area contributed by atoms with Crippen molar-refractivity contribution in [3.05, 3.63) is 107 Å². The first-order valence-corrected chi connectivity index (χ1v) is 8.43. The molecule has 0 spiro atoms. The summed E-state index contributed by atoms with van der Waals surface area (Å²) in [6, 6.07) is 13.7. The second-order valence-electron chi connectivity index (χ2n) is 5.98. The number of carbonyl (C=O) groups is 2. The van der Waals surface area contributed by atoms with Gasteiger partial charge in [-0.25, -0.2) is 17.6 Å². The molecule has 0 fully saturated rings. The van der Waals surface area contributed by atoms with Crippen LogP contribution in [0.1, 0.15) is 32.4 Å². The van der Waals surface area contributed by atoms with Gasteiger partial charge in [0.05, 0.1) is 0 Å². The Balaban J connectivity index is 1.92. The van der Waals surface area contributed by atoms with Crippen LogP contribution in [-0.2, 0) is 0 Å². The highest BCUT2D eigenvalue weighted by atomic mass is 19.1. The molecule has 29 heavy (non-hydrogen) atoms. The van der Waals surface area contributed by atoms with Crippen molar-refractivity contribution in [3.63, 3.8) is 0 Å². The molecule has 0 aliphatic carbocycles. The normalized spacial score (nSPS) is 10.7. The van der Waals surface area contributed by atoms with E-state index in [4.69, 9.17) is 0 Å². The number of amides is 2. The van der Waals surface area contributed by atoms with Crippen LogP contribution in [0.3, 0.4) is 0 Å². The van der Waals surface area contributed by atoms with Gasteiger partial charge < -0.3 is 10.6 Å². The first-order valence-electron chi connectivity index (χ1n) is 8.43. The van der Waals surface area contributed by atoms with Gasteiger partial charge in [0.15, 0.2) is 0 Å². The van der Waals surface area contributed by atoms with E-state index in [1.807, 2.05) is 0 Å². The Morgan fingerprint density at radius 2 is 0.966 bits per heavy atom. The van der Waals surface area contributed by atoms with Gasteiger partial charge in [0.2, 0.25) is 0 Å². The van der Waals surface area contributed by atoms with Gasteiger partial charge in [-0.15, -0.1) is 0 Å². The average Bonchev–Trinajstić information content (AvgIpc) is 2.68. The Bertz CT molecular complexity index is 952. The average molecular weight is 402 g/mol. The summed E-state index contributed by atoms with van der Waals surface area (Å²) in [6.45, 7) is 0. The lowest BCUT2D eigenvalue weighted by molar-refractivity contribution is 0.0875. The van der Waals surface area contributed by atoms with Crippen LogP contribution in [0.4, 0.5) is 17.6 Å². The van der Waals surface area contributed by atoms with Crippen LogP contribution < -0.4 is 10.6 Å². The fraction of sp³-hybridized carbons (Fsp3) is 0.0476. The number of hydrogen-bond acceptors (Lipinski definition) is 2.